The topological polar surface area (TPSA) is 59.4 Å². The Bertz CT molecular complexity index is 407. The van der Waals surface area contributed by atoms with Crippen molar-refractivity contribution in [2.75, 3.05) is 13.1 Å². The molecule has 0 aromatic carbocycles. The lowest BCUT2D eigenvalue weighted by molar-refractivity contribution is 0.458. The van der Waals surface area contributed by atoms with Crippen molar-refractivity contribution in [2.24, 2.45) is 17.8 Å². The molecule has 1 rings (SSSR count). The largest absolute Gasteiger partial charge is 0.370 e. The first-order valence-corrected chi connectivity index (χ1v) is 6.05. The quantitative estimate of drug-likeness (QED) is 0.503. The highest BCUT2D eigenvalue weighted by Gasteiger charge is 2.09. The van der Waals surface area contributed by atoms with E-state index < -0.39 is 0 Å². The predicted octanol–water partition coefficient (Wildman–Crippen LogP) is 1.81. The summed E-state index contributed by atoms with van der Waals surface area (Å²) in [6.45, 7) is 10.6. The Morgan fingerprint density at radius 3 is 2.28 bits per heavy atom. The summed E-state index contributed by atoms with van der Waals surface area (Å²) in [7, 11) is 1.95. The van der Waals surface area contributed by atoms with E-state index in [9.17, 15) is 0 Å². The summed E-state index contributed by atoms with van der Waals surface area (Å²) in [5.74, 6) is 0.609. The Kier molecular flexibility index (Phi) is 7.27. The Balaban J connectivity index is 0.00000289. The molecule has 18 heavy (non-hydrogen) atoms. The standard InChI is InChI=1S/C12H23N5.HI/c1-6-17(7-2)12(13)14-8-11-9(3)15-16(5)10(11)4;/h6-8H2,1-5H3,(H2,13,14);1H. The van der Waals surface area contributed by atoms with Crippen molar-refractivity contribution in [1.29, 1.82) is 0 Å². The third-order valence-corrected chi connectivity index (χ3v) is 3.15. The van der Waals surface area contributed by atoms with Crippen LogP contribution in [0.4, 0.5) is 0 Å². The molecule has 0 aliphatic carbocycles. The molecule has 0 radical (unpaired) electrons. The molecule has 6 heteroatoms. The van der Waals surface area contributed by atoms with Crippen molar-refractivity contribution in [3.8, 4) is 0 Å². The van der Waals surface area contributed by atoms with Crippen LogP contribution in [0.15, 0.2) is 4.99 Å². The lowest BCUT2D eigenvalue weighted by atomic mass is 10.2. The van der Waals surface area contributed by atoms with Crippen molar-refractivity contribution >= 4 is 29.9 Å². The van der Waals surface area contributed by atoms with Gasteiger partial charge in [0.15, 0.2) is 5.96 Å². The number of nitrogens with zero attached hydrogens (tertiary/aromatic N) is 4. The molecule has 5 nitrogen and oxygen atoms in total. The van der Waals surface area contributed by atoms with Crippen LogP contribution in [0.1, 0.15) is 30.8 Å². The van der Waals surface area contributed by atoms with E-state index in [0.717, 1.165) is 24.5 Å². The van der Waals surface area contributed by atoms with Gasteiger partial charge in [-0.05, 0) is 27.7 Å². The average Bonchev–Trinajstić information content (AvgIpc) is 2.53. The second-order valence-corrected chi connectivity index (χ2v) is 4.12. The smallest absolute Gasteiger partial charge is 0.191 e. The monoisotopic (exact) mass is 365 g/mol. The van der Waals surface area contributed by atoms with E-state index in [1.165, 1.54) is 5.56 Å². The van der Waals surface area contributed by atoms with Gasteiger partial charge in [0.25, 0.3) is 0 Å². The number of guanidine groups is 1. The lowest BCUT2D eigenvalue weighted by Gasteiger charge is -2.19. The van der Waals surface area contributed by atoms with Gasteiger partial charge >= 0.3 is 0 Å². The van der Waals surface area contributed by atoms with Crippen molar-refractivity contribution in [3.05, 3.63) is 17.0 Å². The molecule has 0 amide bonds. The minimum atomic E-state index is 0. The van der Waals surface area contributed by atoms with E-state index in [2.05, 4.69) is 30.9 Å². The summed E-state index contributed by atoms with van der Waals surface area (Å²) in [6, 6.07) is 0. The Morgan fingerprint density at radius 2 is 1.89 bits per heavy atom. The Morgan fingerprint density at radius 1 is 1.33 bits per heavy atom. The molecule has 2 N–H and O–H groups in total. The SMILES string of the molecule is CCN(CC)C(N)=NCc1c(C)nn(C)c1C.I. The highest BCUT2D eigenvalue weighted by Crippen LogP contribution is 2.12. The second-order valence-electron chi connectivity index (χ2n) is 4.12. The molecule has 0 bridgehead atoms. The third-order valence-electron chi connectivity index (χ3n) is 3.15. The summed E-state index contributed by atoms with van der Waals surface area (Å²) in [5, 5.41) is 4.37. The summed E-state index contributed by atoms with van der Waals surface area (Å²) >= 11 is 0. The number of hydrogen-bond donors (Lipinski definition) is 1. The van der Waals surface area contributed by atoms with Gasteiger partial charge < -0.3 is 10.6 Å². The van der Waals surface area contributed by atoms with Crippen LogP contribution >= 0.6 is 24.0 Å². The molecule has 1 aromatic heterocycles. The number of aromatic nitrogens is 2. The van der Waals surface area contributed by atoms with Crippen LogP contribution in [0, 0.1) is 13.8 Å². The highest BCUT2D eigenvalue weighted by atomic mass is 127. The minimum Gasteiger partial charge on any atom is -0.370 e. The number of aryl methyl sites for hydroxylation is 2. The molecule has 0 aliphatic rings. The third kappa shape index (κ3) is 3.86. The fraction of sp³-hybridized carbons (Fsp3) is 0.667. The van der Waals surface area contributed by atoms with Gasteiger partial charge in [0.2, 0.25) is 0 Å². The Hall–Kier alpha value is -0.790. The molecule has 0 atom stereocenters. The first kappa shape index (κ1) is 17.2. The molecule has 0 unspecified atom stereocenters. The summed E-state index contributed by atoms with van der Waals surface area (Å²) < 4.78 is 1.88. The molecule has 1 aromatic rings. The molecular formula is C12H24IN5. The summed E-state index contributed by atoms with van der Waals surface area (Å²) in [6.07, 6.45) is 0. The van der Waals surface area contributed by atoms with E-state index in [-0.39, 0.29) is 24.0 Å². The van der Waals surface area contributed by atoms with Gasteiger partial charge in [-0.2, -0.15) is 5.10 Å². The van der Waals surface area contributed by atoms with Crippen LogP contribution in [-0.4, -0.2) is 33.7 Å². The van der Waals surface area contributed by atoms with E-state index >= 15 is 0 Å². The number of halogens is 1. The van der Waals surface area contributed by atoms with Crippen molar-refractivity contribution in [2.45, 2.75) is 34.2 Å². The van der Waals surface area contributed by atoms with Gasteiger partial charge in [0, 0.05) is 31.4 Å². The van der Waals surface area contributed by atoms with Crippen molar-refractivity contribution in [3.63, 3.8) is 0 Å². The predicted molar refractivity (Wildman–Crippen MR) is 86.3 cm³/mol. The number of rotatable bonds is 4. The maximum Gasteiger partial charge on any atom is 0.191 e. The fourth-order valence-electron chi connectivity index (χ4n) is 1.85. The van der Waals surface area contributed by atoms with E-state index in [0.29, 0.717) is 12.5 Å². The van der Waals surface area contributed by atoms with Gasteiger partial charge in [-0.15, -0.1) is 24.0 Å². The molecule has 0 saturated carbocycles. The van der Waals surface area contributed by atoms with Crippen molar-refractivity contribution < 1.29 is 0 Å². The summed E-state index contributed by atoms with van der Waals surface area (Å²) in [5.41, 5.74) is 9.29. The van der Waals surface area contributed by atoms with E-state index in [4.69, 9.17) is 5.73 Å². The molecule has 1 heterocycles. The van der Waals surface area contributed by atoms with Gasteiger partial charge in [-0.3, -0.25) is 4.68 Å². The minimum absolute atomic E-state index is 0. The zero-order valence-corrected chi connectivity index (χ0v) is 14.2. The normalized spacial score (nSPS) is 11.3. The first-order chi connectivity index (χ1) is 8.01. The van der Waals surface area contributed by atoms with Crippen LogP contribution in [0.3, 0.4) is 0 Å². The number of hydrogen-bond acceptors (Lipinski definition) is 2. The number of aliphatic imine (C=N–C) groups is 1. The van der Waals surface area contributed by atoms with E-state index in [1.54, 1.807) is 0 Å². The fourth-order valence-corrected chi connectivity index (χ4v) is 1.85. The molecule has 0 saturated heterocycles. The van der Waals surface area contributed by atoms with E-state index in [1.807, 2.05) is 23.6 Å². The molecule has 0 fully saturated rings. The Labute approximate surface area is 126 Å². The maximum absolute atomic E-state index is 5.94. The molecule has 0 spiro atoms. The van der Waals surface area contributed by atoms with Crippen LogP contribution in [-0.2, 0) is 13.6 Å². The lowest BCUT2D eigenvalue weighted by Crippen LogP contribution is -2.37. The average molecular weight is 365 g/mol. The zero-order chi connectivity index (χ0) is 13.0. The van der Waals surface area contributed by atoms with Crippen molar-refractivity contribution in [1.82, 2.24) is 14.7 Å². The van der Waals surface area contributed by atoms with Gasteiger partial charge in [-0.1, -0.05) is 0 Å². The summed E-state index contributed by atoms with van der Waals surface area (Å²) in [4.78, 5) is 6.48. The van der Waals surface area contributed by atoms with Gasteiger partial charge in [0.05, 0.1) is 12.2 Å². The van der Waals surface area contributed by atoms with Crippen LogP contribution in [0.5, 0.6) is 0 Å². The maximum atomic E-state index is 5.94. The first-order valence-electron chi connectivity index (χ1n) is 6.05. The molecule has 104 valence electrons. The van der Waals surface area contributed by atoms with Gasteiger partial charge in [-0.25, -0.2) is 4.99 Å². The van der Waals surface area contributed by atoms with Crippen LogP contribution in [0.2, 0.25) is 0 Å². The molecular weight excluding hydrogens is 341 g/mol. The number of nitrogens with two attached hydrogens (primary N) is 1. The van der Waals surface area contributed by atoms with Crippen LogP contribution < -0.4 is 5.73 Å². The van der Waals surface area contributed by atoms with Gasteiger partial charge in [0.1, 0.15) is 0 Å². The highest BCUT2D eigenvalue weighted by molar-refractivity contribution is 14.0. The van der Waals surface area contributed by atoms with Crippen LogP contribution in [0.25, 0.3) is 0 Å². The second kappa shape index (κ2) is 7.60. The molecule has 0 aliphatic heterocycles. The zero-order valence-electron chi connectivity index (χ0n) is 11.9.